The smallest absolute Gasteiger partial charge is 0.286 e. The Morgan fingerprint density at radius 2 is 1.84 bits per heavy atom. The molecule has 3 rings (SSSR count). The van der Waals surface area contributed by atoms with Crippen LogP contribution in [0.3, 0.4) is 0 Å². The summed E-state index contributed by atoms with van der Waals surface area (Å²) >= 11 is 6.23. The van der Waals surface area contributed by atoms with Gasteiger partial charge in [0.2, 0.25) is 5.91 Å². The van der Waals surface area contributed by atoms with E-state index in [1.165, 1.54) is 6.26 Å². The highest BCUT2D eigenvalue weighted by atomic mass is 35.5. The summed E-state index contributed by atoms with van der Waals surface area (Å²) in [5.74, 6) is -0.0132. The molecule has 0 aliphatic carbocycles. The molecular formula is C18H20ClN3O3. The summed E-state index contributed by atoms with van der Waals surface area (Å²) in [5, 5.41) is 3.41. The maximum Gasteiger partial charge on any atom is 0.286 e. The van der Waals surface area contributed by atoms with Gasteiger partial charge in [0.05, 0.1) is 17.0 Å². The van der Waals surface area contributed by atoms with E-state index in [2.05, 4.69) is 10.2 Å². The van der Waals surface area contributed by atoms with Crippen molar-refractivity contribution in [1.29, 1.82) is 0 Å². The number of piperazine rings is 1. The molecule has 0 radical (unpaired) electrons. The Balaban J connectivity index is 1.42. The zero-order valence-corrected chi connectivity index (χ0v) is 14.5. The second-order valence-electron chi connectivity index (χ2n) is 5.80. The standard InChI is InChI=1S/C18H20ClN3O3/c19-14-4-1-2-5-15(14)21-9-11-22(12-10-21)17(23)7-8-20-18(24)16-6-3-13-25-16/h1-6,13H,7-12H2,(H,20,24). The van der Waals surface area contributed by atoms with E-state index in [4.69, 9.17) is 16.0 Å². The number of anilines is 1. The number of carbonyl (C=O) groups is 2. The average Bonchev–Trinajstić information content (AvgIpc) is 3.17. The van der Waals surface area contributed by atoms with Gasteiger partial charge >= 0.3 is 0 Å². The maximum absolute atomic E-state index is 12.3. The Hall–Kier alpha value is -2.47. The quantitative estimate of drug-likeness (QED) is 0.888. The Labute approximate surface area is 151 Å². The number of nitrogens with one attached hydrogen (secondary N) is 1. The number of hydrogen-bond acceptors (Lipinski definition) is 4. The Morgan fingerprint density at radius 3 is 2.52 bits per heavy atom. The maximum atomic E-state index is 12.3. The molecule has 1 aromatic carbocycles. The molecule has 2 aromatic rings. The van der Waals surface area contributed by atoms with E-state index >= 15 is 0 Å². The Bertz CT molecular complexity index is 725. The van der Waals surface area contributed by atoms with Gasteiger partial charge in [-0.1, -0.05) is 23.7 Å². The fourth-order valence-electron chi connectivity index (χ4n) is 2.84. The Kier molecular flexibility index (Phi) is 5.60. The molecule has 1 aromatic heterocycles. The zero-order valence-electron chi connectivity index (χ0n) is 13.8. The first-order chi connectivity index (χ1) is 12.1. The molecule has 1 aliphatic heterocycles. The highest BCUT2D eigenvalue weighted by molar-refractivity contribution is 6.33. The predicted molar refractivity (Wildman–Crippen MR) is 95.9 cm³/mol. The minimum atomic E-state index is -0.304. The summed E-state index contributed by atoms with van der Waals surface area (Å²) in [4.78, 5) is 28.0. The summed E-state index contributed by atoms with van der Waals surface area (Å²) in [6.45, 7) is 3.08. The third-order valence-electron chi connectivity index (χ3n) is 4.19. The lowest BCUT2D eigenvalue weighted by Crippen LogP contribution is -2.49. The van der Waals surface area contributed by atoms with Crippen molar-refractivity contribution in [3.63, 3.8) is 0 Å². The molecule has 1 fully saturated rings. The number of furan rings is 1. The first-order valence-electron chi connectivity index (χ1n) is 8.24. The van der Waals surface area contributed by atoms with Crippen LogP contribution in [0.2, 0.25) is 5.02 Å². The SMILES string of the molecule is O=C(NCCC(=O)N1CCN(c2ccccc2Cl)CC1)c1ccco1. The van der Waals surface area contributed by atoms with Crippen molar-refractivity contribution in [3.8, 4) is 0 Å². The van der Waals surface area contributed by atoms with Crippen LogP contribution < -0.4 is 10.2 Å². The van der Waals surface area contributed by atoms with Crippen LogP contribution in [0.15, 0.2) is 47.1 Å². The monoisotopic (exact) mass is 361 g/mol. The minimum Gasteiger partial charge on any atom is -0.459 e. The highest BCUT2D eigenvalue weighted by Crippen LogP contribution is 2.26. The van der Waals surface area contributed by atoms with Crippen LogP contribution in [0, 0.1) is 0 Å². The van der Waals surface area contributed by atoms with Crippen LogP contribution in [0.5, 0.6) is 0 Å². The fraction of sp³-hybridized carbons (Fsp3) is 0.333. The van der Waals surface area contributed by atoms with E-state index in [0.717, 1.165) is 23.8 Å². The lowest BCUT2D eigenvalue weighted by atomic mass is 10.2. The molecular weight excluding hydrogens is 342 g/mol. The summed E-state index contributed by atoms with van der Waals surface area (Å²) in [7, 11) is 0. The second-order valence-corrected chi connectivity index (χ2v) is 6.21. The van der Waals surface area contributed by atoms with Crippen molar-refractivity contribution >= 4 is 29.1 Å². The van der Waals surface area contributed by atoms with Crippen LogP contribution in [0.1, 0.15) is 17.0 Å². The van der Waals surface area contributed by atoms with Crippen LogP contribution in [-0.4, -0.2) is 49.4 Å². The molecule has 0 atom stereocenters. The van der Waals surface area contributed by atoms with Crippen LogP contribution in [0.25, 0.3) is 0 Å². The second kappa shape index (κ2) is 8.07. The minimum absolute atomic E-state index is 0.0403. The molecule has 25 heavy (non-hydrogen) atoms. The molecule has 1 aliphatic rings. The number of rotatable bonds is 5. The first kappa shape index (κ1) is 17.4. The molecule has 2 heterocycles. The van der Waals surface area contributed by atoms with Crippen molar-refractivity contribution < 1.29 is 14.0 Å². The summed E-state index contributed by atoms with van der Waals surface area (Å²) < 4.78 is 5.01. The van der Waals surface area contributed by atoms with Gasteiger partial charge in [0.25, 0.3) is 5.91 Å². The third-order valence-corrected chi connectivity index (χ3v) is 4.51. The summed E-state index contributed by atoms with van der Waals surface area (Å²) in [6, 6.07) is 11.0. The van der Waals surface area contributed by atoms with Gasteiger partial charge in [0, 0.05) is 39.1 Å². The molecule has 0 bridgehead atoms. The summed E-state index contributed by atoms with van der Waals surface area (Å²) in [5.41, 5.74) is 1.00. The number of nitrogens with zero attached hydrogens (tertiary/aromatic N) is 2. The molecule has 0 spiro atoms. The van der Waals surface area contributed by atoms with E-state index in [1.807, 2.05) is 29.2 Å². The molecule has 1 N–H and O–H groups in total. The van der Waals surface area contributed by atoms with E-state index in [1.54, 1.807) is 12.1 Å². The van der Waals surface area contributed by atoms with Gasteiger partial charge in [0.15, 0.2) is 5.76 Å². The predicted octanol–water partition coefficient (Wildman–Crippen LogP) is 2.40. The van der Waals surface area contributed by atoms with E-state index in [0.29, 0.717) is 19.6 Å². The number of carbonyl (C=O) groups excluding carboxylic acids is 2. The molecule has 0 unspecified atom stereocenters. The molecule has 1 saturated heterocycles. The number of benzene rings is 1. The fourth-order valence-corrected chi connectivity index (χ4v) is 3.10. The molecule has 0 saturated carbocycles. The van der Waals surface area contributed by atoms with Crippen molar-refractivity contribution in [2.24, 2.45) is 0 Å². The number of para-hydroxylation sites is 1. The normalized spacial score (nSPS) is 14.4. The van der Waals surface area contributed by atoms with E-state index in [9.17, 15) is 9.59 Å². The molecule has 6 nitrogen and oxygen atoms in total. The van der Waals surface area contributed by atoms with Gasteiger partial charge in [-0.25, -0.2) is 0 Å². The van der Waals surface area contributed by atoms with Gasteiger partial charge < -0.3 is 19.5 Å². The molecule has 7 heteroatoms. The number of halogens is 1. The lowest BCUT2D eigenvalue weighted by Gasteiger charge is -2.36. The molecule has 132 valence electrons. The third kappa shape index (κ3) is 4.33. The lowest BCUT2D eigenvalue weighted by molar-refractivity contribution is -0.131. The Morgan fingerprint density at radius 1 is 1.08 bits per heavy atom. The van der Waals surface area contributed by atoms with Crippen LogP contribution in [0.4, 0.5) is 5.69 Å². The largest absolute Gasteiger partial charge is 0.459 e. The zero-order chi connectivity index (χ0) is 17.6. The van der Waals surface area contributed by atoms with E-state index in [-0.39, 0.29) is 24.0 Å². The van der Waals surface area contributed by atoms with Gasteiger partial charge in [0.1, 0.15) is 0 Å². The van der Waals surface area contributed by atoms with E-state index < -0.39 is 0 Å². The van der Waals surface area contributed by atoms with Gasteiger partial charge in [-0.2, -0.15) is 0 Å². The topological polar surface area (TPSA) is 65.8 Å². The first-order valence-corrected chi connectivity index (χ1v) is 8.62. The molecule has 2 amide bonds. The van der Waals surface area contributed by atoms with Gasteiger partial charge in [-0.05, 0) is 24.3 Å². The van der Waals surface area contributed by atoms with Gasteiger partial charge in [-0.3, -0.25) is 9.59 Å². The van der Waals surface area contributed by atoms with Crippen LogP contribution >= 0.6 is 11.6 Å². The van der Waals surface area contributed by atoms with Crippen molar-refractivity contribution in [2.45, 2.75) is 6.42 Å². The van der Waals surface area contributed by atoms with Gasteiger partial charge in [-0.15, -0.1) is 0 Å². The number of hydrogen-bond donors (Lipinski definition) is 1. The van der Waals surface area contributed by atoms with Crippen molar-refractivity contribution in [3.05, 3.63) is 53.4 Å². The van der Waals surface area contributed by atoms with Crippen molar-refractivity contribution in [2.75, 3.05) is 37.6 Å². The van der Waals surface area contributed by atoms with Crippen molar-refractivity contribution in [1.82, 2.24) is 10.2 Å². The average molecular weight is 362 g/mol. The highest BCUT2D eigenvalue weighted by Gasteiger charge is 2.22. The summed E-state index contributed by atoms with van der Waals surface area (Å²) in [6.07, 6.45) is 1.72. The van der Waals surface area contributed by atoms with Crippen LogP contribution in [-0.2, 0) is 4.79 Å². The number of amides is 2.